The number of ether oxygens (including phenoxy) is 1. The van der Waals surface area contributed by atoms with Gasteiger partial charge in [-0.05, 0) is 43.4 Å². The summed E-state index contributed by atoms with van der Waals surface area (Å²) in [5.41, 5.74) is 2.33. The van der Waals surface area contributed by atoms with Gasteiger partial charge in [0.25, 0.3) is 0 Å². The monoisotopic (exact) mass is 504 g/mol. The number of nitrogens with zero attached hydrogens (tertiary/aromatic N) is 3. The predicted octanol–water partition coefficient (Wildman–Crippen LogP) is 5.37. The maximum Gasteiger partial charge on any atom is 0.341 e. The maximum atomic E-state index is 12.8. The lowest BCUT2D eigenvalue weighted by Crippen LogP contribution is -2.16. The molecular formula is C23H25ClN4O3S2. The number of carbonyl (C=O) groups is 2. The number of thiophene rings is 1. The van der Waals surface area contributed by atoms with Crippen LogP contribution < -0.4 is 5.32 Å². The number of aromatic nitrogens is 3. The van der Waals surface area contributed by atoms with E-state index in [-0.39, 0.29) is 11.7 Å². The standard InChI is InChI=1S/C23H25ClN4O3S2/c1-28-20(14-9-7-8-11-16(14)24)26-27-23(28)32-13-18(29)25-21-19(22(30)31-2)15-10-5-3-4-6-12-17(15)33-21/h7-9,11H,3-6,10,12-13H2,1-2H3,(H,25,29). The van der Waals surface area contributed by atoms with Gasteiger partial charge in [0.1, 0.15) is 5.00 Å². The summed E-state index contributed by atoms with van der Waals surface area (Å²) in [5, 5.41) is 13.2. The molecule has 1 aliphatic carbocycles. The number of amides is 1. The molecule has 2 aromatic heterocycles. The van der Waals surface area contributed by atoms with Crippen molar-refractivity contribution in [3.63, 3.8) is 0 Å². The van der Waals surface area contributed by atoms with Crippen LogP contribution in [0.25, 0.3) is 11.4 Å². The molecule has 174 valence electrons. The molecule has 1 aromatic carbocycles. The number of nitrogens with one attached hydrogen (secondary N) is 1. The van der Waals surface area contributed by atoms with Crippen LogP contribution in [0.2, 0.25) is 5.02 Å². The Morgan fingerprint density at radius 2 is 1.94 bits per heavy atom. The van der Waals surface area contributed by atoms with Crippen molar-refractivity contribution in [1.29, 1.82) is 0 Å². The fourth-order valence-electron chi connectivity index (χ4n) is 3.94. The van der Waals surface area contributed by atoms with E-state index in [9.17, 15) is 9.59 Å². The van der Waals surface area contributed by atoms with Crippen LogP contribution in [0.4, 0.5) is 5.00 Å². The number of thioether (sulfide) groups is 1. The average molecular weight is 505 g/mol. The lowest BCUT2D eigenvalue weighted by molar-refractivity contribution is -0.113. The lowest BCUT2D eigenvalue weighted by Gasteiger charge is -2.11. The van der Waals surface area contributed by atoms with Crippen LogP contribution >= 0.6 is 34.7 Å². The summed E-state index contributed by atoms with van der Waals surface area (Å²) in [4.78, 5) is 26.5. The summed E-state index contributed by atoms with van der Waals surface area (Å²) in [6.45, 7) is 0. The first-order chi connectivity index (χ1) is 16.0. The molecule has 2 heterocycles. The SMILES string of the molecule is COC(=O)c1c(NC(=O)CSc2nnc(-c3ccccc3Cl)n2C)sc2c1CCCCCC2. The van der Waals surface area contributed by atoms with Crippen LogP contribution in [0.3, 0.4) is 0 Å². The van der Waals surface area contributed by atoms with Gasteiger partial charge in [-0.3, -0.25) is 4.79 Å². The quantitative estimate of drug-likeness (QED) is 0.358. The van der Waals surface area contributed by atoms with Gasteiger partial charge in [-0.15, -0.1) is 21.5 Å². The molecular weight excluding hydrogens is 480 g/mol. The fraction of sp³-hybridized carbons (Fsp3) is 0.391. The number of aryl methyl sites for hydroxylation is 1. The second-order valence-electron chi connectivity index (χ2n) is 7.80. The minimum atomic E-state index is -0.395. The molecule has 0 saturated heterocycles. The van der Waals surface area contributed by atoms with E-state index in [0.717, 1.165) is 43.2 Å². The first-order valence-electron chi connectivity index (χ1n) is 10.8. The molecule has 0 unspecified atom stereocenters. The molecule has 1 N–H and O–H groups in total. The Kier molecular flexibility index (Phi) is 7.72. The van der Waals surface area contributed by atoms with E-state index >= 15 is 0 Å². The van der Waals surface area contributed by atoms with E-state index in [0.29, 0.717) is 26.6 Å². The van der Waals surface area contributed by atoms with E-state index < -0.39 is 5.97 Å². The largest absolute Gasteiger partial charge is 0.465 e. The summed E-state index contributed by atoms with van der Waals surface area (Å²) in [6, 6.07) is 7.43. The number of rotatable bonds is 6. The van der Waals surface area contributed by atoms with Crippen molar-refractivity contribution in [3.8, 4) is 11.4 Å². The van der Waals surface area contributed by atoms with Gasteiger partial charge in [-0.25, -0.2) is 4.79 Å². The Morgan fingerprint density at radius 1 is 1.18 bits per heavy atom. The number of carbonyl (C=O) groups excluding carboxylic acids is 2. The smallest absolute Gasteiger partial charge is 0.341 e. The van der Waals surface area contributed by atoms with Crippen molar-refractivity contribution < 1.29 is 14.3 Å². The summed E-state index contributed by atoms with van der Waals surface area (Å²) >= 11 is 9.06. The van der Waals surface area contributed by atoms with Crippen molar-refractivity contribution in [2.45, 2.75) is 43.7 Å². The number of anilines is 1. The topological polar surface area (TPSA) is 86.1 Å². The number of methoxy groups -OCH3 is 1. The minimum Gasteiger partial charge on any atom is -0.465 e. The highest BCUT2D eigenvalue weighted by Crippen LogP contribution is 2.37. The van der Waals surface area contributed by atoms with Crippen molar-refractivity contribution in [3.05, 3.63) is 45.3 Å². The molecule has 0 saturated carbocycles. The summed E-state index contributed by atoms with van der Waals surface area (Å²) in [7, 11) is 3.22. The van der Waals surface area contributed by atoms with Gasteiger partial charge in [0, 0.05) is 17.5 Å². The highest BCUT2D eigenvalue weighted by molar-refractivity contribution is 7.99. The number of hydrogen-bond donors (Lipinski definition) is 1. The van der Waals surface area contributed by atoms with E-state index in [2.05, 4.69) is 15.5 Å². The highest BCUT2D eigenvalue weighted by Gasteiger charge is 2.26. The Balaban J connectivity index is 1.48. The Labute approximate surface area is 205 Å². The highest BCUT2D eigenvalue weighted by atomic mass is 35.5. The molecule has 0 fully saturated rings. The Morgan fingerprint density at radius 3 is 2.70 bits per heavy atom. The van der Waals surface area contributed by atoms with Gasteiger partial charge in [0.05, 0.1) is 23.4 Å². The third-order valence-corrected chi connectivity index (χ3v) is 8.15. The fourth-order valence-corrected chi connectivity index (χ4v) is 6.16. The lowest BCUT2D eigenvalue weighted by atomic mass is 9.96. The first kappa shape index (κ1) is 23.8. The van der Waals surface area contributed by atoms with Gasteiger partial charge in [-0.2, -0.15) is 0 Å². The molecule has 0 bridgehead atoms. The number of halogens is 1. The second-order valence-corrected chi connectivity index (χ2v) is 10.3. The first-order valence-corrected chi connectivity index (χ1v) is 13.0. The van der Waals surface area contributed by atoms with Gasteiger partial charge in [0.15, 0.2) is 11.0 Å². The molecule has 0 aliphatic heterocycles. The van der Waals surface area contributed by atoms with Crippen molar-refractivity contribution >= 4 is 51.6 Å². The van der Waals surface area contributed by atoms with E-state index in [1.54, 1.807) is 6.07 Å². The molecule has 1 amide bonds. The third-order valence-electron chi connectivity index (χ3n) is 5.60. The summed E-state index contributed by atoms with van der Waals surface area (Å²) in [6.07, 6.45) is 6.25. The molecule has 10 heteroatoms. The second kappa shape index (κ2) is 10.7. The zero-order valence-electron chi connectivity index (χ0n) is 18.5. The predicted molar refractivity (Wildman–Crippen MR) is 132 cm³/mol. The molecule has 0 atom stereocenters. The van der Waals surface area contributed by atoms with Crippen LogP contribution in [0, 0.1) is 0 Å². The van der Waals surface area contributed by atoms with Crippen LogP contribution in [-0.2, 0) is 29.4 Å². The maximum absolute atomic E-state index is 12.8. The molecule has 0 spiro atoms. The summed E-state index contributed by atoms with van der Waals surface area (Å²) in [5.74, 6) is 0.169. The van der Waals surface area contributed by atoms with Crippen molar-refractivity contribution in [2.75, 3.05) is 18.2 Å². The molecule has 4 rings (SSSR count). The number of hydrogen-bond acceptors (Lipinski definition) is 7. The van der Waals surface area contributed by atoms with Gasteiger partial charge >= 0.3 is 5.97 Å². The van der Waals surface area contributed by atoms with E-state index in [4.69, 9.17) is 16.3 Å². The Bertz CT molecular complexity index is 1170. The van der Waals surface area contributed by atoms with Crippen LogP contribution in [0.1, 0.15) is 46.5 Å². The third kappa shape index (κ3) is 5.26. The zero-order valence-corrected chi connectivity index (χ0v) is 20.9. The van der Waals surface area contributed by atoms with Crippen molar-refractivity contribution in [2.24, 2.45) is 7.05 Å². The van der Waals surface area contributed by atoms with Crippen LogP contribution in [0.5, 0.6) is 0 Å². The van der Waals surface area contributed by atoms with Crippen molar-refractivity contribution in [1.82, 2.24) is 14.8 Å². The number of fused-ring (bicyclic) bond motifs is 1. The number of esters is 1. The zero-order chi connectivity index (χ0) is 23.4. The van der Waals surface area contributed by atoms with Gasteiger partial charge < -0.3 is 14.6 Å². The normalized spacial score (nSPS) is 13.7. The van der Waals surface area contributed by atoms with Gasteiger partial charge in [0.2, 0.25) is 5.91 Å². The van der Waals surface area contributed by atoms with Gasteiger partial charge in [-0.1, -0.05) is 48.3 Å². The molecule has 0 radical (unpaired) electrons. The Hall–Kier alpha value is -2.36. The average Bonchev–Trinajstić information content (AvgIpc) is 3.31. The molecule has 3 aromatic rings. The van der Waals surface area contributed by atoms with Crippen LogP contribution in [-0.4, -0.2) is 39.5 Å². The molecule has 7 nitrogen and oxygen atoms in total. The van der Waals surface area contributed by atoms with E-state index in [1.807, 2.05) is 29.8 Å². The minimum absolute atomic E-state index is 0.137. The molecule has 1 aliphatic rings. The molecule has 33 heavy (non-hydrogen) atoms. The summed E-state index contributed by atoms with van der Waals surface area (Å²) < 4.78 is 6.85. The number of benzene rings is 1. The van der Waals surface area contributed by atoms with Crippen LogP contribution in [0.15, 0.2) is 29.4 Å². The van der Waals surface area contributed by atoms with E-state index in [1.165, 1.54) is 41.5 Å².